The number of aryl methyl sites for hydroxylation is 1. The Morgan fingerprint density at radius 3 is 2.26 bits per heavy atom. The summed E-state index contributed by atoms with van der Waals surface area (Å²) in [5.74, 6) is 0.908. The molecular weight excluding hydrogens is 374 g/mol. The lowest BCUT2D eigenvalue weighted by Crippen LogP contribution is -2.56. The first-order valence-corrected chi connectivity index (χ1v) is 10.3. The molecule has 2 nitrogen and oxygen atoms in total. The molecule has 0 aliphatic carbocycles. The predicted molar refractivity (Wildman–Crippen MR) is 114 cm³/mol. The Bertz CT molecular complexity index is 925. The van der Waals surface area contributed by atoms with Crippen LogP contribution in [0.4, 0.5) is 5.69 Å². The van der Waals surface area contributed by atoms with E-state index in [2.05, 4.69) is 31.2 Å². The van der Waals surface area contributed by atoms with Crippen LogP contribution in [0.25, 0.3) is 0 Å². The largest absolute Gasteiger partial charge is 0.304 e. The molecule has 0 radical (unpaired) electrons. The van der Waals surface area contributed by atoms with Crippen molar-refractivity contribution in [1.29, 1.82) is 0 Å². The summed E-state index contributed by atoms with van der Waals surface area (Å²) in [5, 5.41) is 0.728. The molecule has 1 heterocycles. The number of hydrogen-bond acceptors (Lipinski definition) is 2. The zero-order valence-corrected chi connectivity index (χ0v) is 16.6. The molecule has 4 rings (SSSR count). The van der Waals surface area contributed by atoms with E-state index in [0.29, 0.717) is 0 Å². The van der Waals surface area contributed by atoms with E-state index in [0.717, 1.165) is 21.4 Å². The number of carbonyl (C=O) groups is 1. The normalized spacial score (nSPS) is 19.0. The van der Waals surface area contributed by atoms with Crippen molar-refractivity contribution in [3.05, 3.63) is 95.0 Å². The summed E-state index contributed by atoms with van der Waals surface area (Å²) in [6.07, 6.45) is 0. The second-order valence-electron chi connectivity index (χ2n) is 6.77. The molecule has 2 atom stereocenters. The van der Waals surface area contributed by atoms with Crippen molar-refractivity contribution < 1.29 is 4.79 Å². The van der Waals surface area contributed by atoms with Gasteiger partial charge in [0.1, 0.15) is 0 Å². The van der Waals surface area contributed by atoms with Gasteiger partial charge in [0.25, 0.3) is 0 Å². The van der Waals surface area contributed by atoms with Crippen molar-refractivity contribution in [3.63, 3.8) is 0 Å². The summed E-state index contributed by atoms with van der Waals surface area (Å²) in [5.41, 5.74) is 3.34. The van der Waals surface area contributed by atoms with Crippen LogP contribution in [0, 0.1) is 12.8 Å². The van der Waals surface area contributed by atoms with E-state index in [4.69, 9.17) is 11.6 Å². The molecule has 4 heteroatoms. The van der Waals surface area contributed by atoms with Gasteiger partial charge in [0.15, 0.2) is 0 Å². The molecule has 1 aliphatic heterocycles. The Labute approximate surface area is 169 Å². The number of anilines is 1. The Morgan fingerprint density at radius 2 is 1.59 bits per heavy atom. The van der Waals surface area contributed by atoms with E-state index in [-0.39, 0.29) is 17.9 Å². The predicted octanol–water partition coefficient (Wildman–Crippen LogP) is 6.14. The zero-order chi connectivity index (χ0) is 18.8. The second kappa shape index (κ2) is 7.79. The van der Waals surface area contributed by atoms with Crippen molar-refractivity contribution in [2.75, 3.05) is 10.7 Å². The fourth-order valence-electron chi connectivity index (χ4n) is 3.45. The molecule has 1 saturated heterocycles. The minimum absolute atomic E-state index is 0.0330. The fraction of sp³-hybridized carbons (Fsp3) is 0.174. The van der Waals surface area contributed by atoms with Crippen molar-refractivity contribution in [2.24, 2.45) is 5.92 Å². The van der Waals surface area contributed by atoms with Crippen LogP contribution >= 0.6 is 23.4 Å². The van der Waals surface area contributed by atoms with Gasteiger partial charge in [-0.3, -0.25) is 4.79 Å². The first kappa shape index (κ1) is 18.1. The lowest BCUT2D eigenvalue weighted by atomic mass is 9.83. The highest BCUT2D eigenvalue weighted by Crippen LogP contribution is 2.45. The molecule has 3 aromatic rings. The summed E-state index contributed by atoms with van der Waals surface area (Å²) in [4.78, 5) is 16.1. The lowest BCUT2D eigenvalue weighted by molar-refractivity contribution is -0.129. The Kier molecular flexibility index (Phi) is 5.24. The number of β-lactam (4-membered cyclic amide) rings is 1. The van der Waals surface area contributed by atoms with Gasteiger partial charge in [-0.2, -0.15) is 0 Å². The Balaban J connectivity index is 1.58. The highest BCUT2D eigenvalue weighted by molar-refractivity contribution is 7.99. The molecule has 3 aromatic carbocycles. The van der Waals surface area contributed by atoms with Crippen LogP contribution in [-0.2, 0) is 4.79 Å². The van der Waals surface area contributed by atoms with Gasteiger partial charge in [0, 0.05) is 21.4 Å². The van der Waals surface area contributed by atoms with Crippen LogP contribution in [0.5, 0.6) is 0 Å². The van der Waals surface area contributed by atoms with E-state index < -0.39 is 0 Å². The molecule has 0 unspecified atom stereocenters. The standard InChI is InChI=1S/C23H20ClNOS/c1-16-7-11-19(12-8-16)25-22(17-5-3-2-4-6-17)21(23(25)26)15-27-20-13-9-18(24)10-14-20/h2-14,21-22H,15H2,1H3/t21-,22-/m0/s1. The first-order valence-electron chi connectivity index (χ1n) is 8.96. The molecule has 0 bridgehead atoms. The van der Waals surface area contributed by atoms with Gasteiger partial charge in [-0.05, 0) is 48.9 Å². The molecule has 1 aliphatic rings. The number of benzene rings is 3. The SMILES string of the molecule is Cc1ccc(N2C(=O)[C@@H](CSc3ccc(Cl)cc3)[C@@H]2c2ccccc2)cc1. The minimum Gasteiger partial charge on any atom is -0.304 e. The molecule has 27 heavy (non-hydrogen) atoms. The van der Waals surface area contributed by atoms with Crippen molar-refractivity contribution in [2.45, 2.75) is 17.9 Å². The Morgan fingerprint density at radius 1 is 0.926 bits per heavy atom. The maximum Gasteiger partial charge on any atom is 0.233 e. The lowest BCUT2D eigenvalue weighted by Gasteiger charge is -2.47. The van der Waals surface area contributed by atoms with E-state index in [9.17, 15) is 4.79 Å². The van der Waals surface area contributed by atoms with Crippen LogP contribution in [0.3, 0.4) is 0 Å². The first-order chi connectivity index (χ1) is 13.1. The average molecular weight is 394 g/mol. The molecule has 1 amide bonds. The number of nitrogens with zero attached hydrogens (tertiary/aromatic N) is 1. The summed E-state index contributed by atoms with van der Waals surface area (Å²) in [6, 6.07) is 26.3. The van der Waals surface area contributed by atoms with E-state index >= 15 is 0 Å². The number of hydrogen-bond donors (Lipinski definition) is 0. The highest BCUT2D eigenvalue weighted by atomic mass is 35.5. The van der Waals surface area contributed by atoms with Crippen LogP contribution in [0.2, 0.25) is 5.02 Å². The quantitative estimate of drug-likeness (QED) is 0.383. The highest BCUT2D eigenvalue weighted by Gasteiger charge is 2.48. The maximum absolute atomic E-state index is 13.0. The number of rotatable bonds is 5. The van der Waals surface area contributed by atoms with Crippen LogP contribution in [-0.4, -0.2) is 11.7 Å². The zero-order valence-electron chi connectivity index (χ0n) is 15.0. The fourth-order valence-corrected chi connectivity index (χ4v) is 4.60. The molecule has 1 fully saturated rings. The third-order valence-electron chi connectivity index (χ3n) is 4.91. The number of carbonyl (C=O) groups excluding carboxylic acids is 1. The third-order valence-corrected chi connectivity index (χ3v) is 6.29. The molecule has 0 N–H and O–H groups in total. The number of amides is 1. The van der Waals surface area contributed by atoms with E-state index in [1.54, 1.807) is 11.8 Å². The molecule has 136 valence electrons. The van der Waals surface area contributed by atoms with Gasteiger partial charge < -0.3 is 4.90 Å². The van der Waals surface area contributed by atoms with Gasteiger partial charge in [0.05, 0.1) is 12.0 Å². The molecule has 0 aromatic heterocycles. The average Bonchev–Trinajstić information content (AvgIpc) is 2.69. The van der Waals surface area contributed by atoms with Crippen molar-refractivity contribution in [3.8, 4) is 0 Å². The topological polar surface area (TPSA) is 20.3 Å². The van der Waals surface area contributed by atoms with Gasteiger partial charge in [0.2, 0.25) is 5.91 Å². The van der Waals surface area contributed by atoms with Gasteiger partial charge in [-0.25, -0.2) is 0 Å². The van der Waals surface area contributed by atoms with Crippen molar-refractivity contribution in [1.82, 2.24) is 0 Å². The smallest absolute Gasteiger partial charge is 0.233 e. The summed E-state index contributed by atoms with van der Waals surface area (Å²) < 4.78 is 0. The summed E-state index contributed by atoms with van der Waals surface area (Å²) in [6.45, 7) is 2.06. The second-order valence-corrected chi connectivity index (χ2v) is 8.30. The maximum atomic E-state index is 13.0. The van der Waals surface area contributed by atoms with Gasteiger partial charge in [-0.15, -0.1) is 11.8 Å². The monoisotopic (exact) mass is 393 g/mol. The molecule has 0 saturated carbocycles. The Hall–Kier alpha value is -2.23. The van der Waals surface area contributed by atoms with Crippen LogP contribution in [0.15, 0.2) is 83.8 Å². The summed E-state index contributed by atoms with van der Waals surface area (Å²) >= 11 is 7.68. The summed E-state index contributed by atoms with van der Waals surface area (Å²) in [7, 11) is 0. The van der Waals surface area contributed by atoms with Gasteiger partial charge >= 0.3 is 0 Å². The van der Waals surface area contributed by atoms with E-state index in [1.807, 2.05) is 59.5 Å². The van der Waals surface area contributed by atoms with Crippen LogP contribution < -0.4 is 4.90 Å². The molecular formula is C23H20ClNOS. The number of halogens is 1. The van der Waals surface area contributed by atoms with E-state index in [1.165, 1.54) is 11.1 Å². The van der Waals surface area contributed by atoms with Crippen molar-refractivity contribution >= 4 is 35.0 Å². The third kappa shape index (κ3) is 3.76. The van der Waals surface area contributed by atoms with Crippen LogP contribution in [0.1, 0.15) is 17.2 Å². The number of thioether (sulfide) groups is 1. The minimum atomic E-state index is -0.0330. The molecule has 0 spiro atoms. The van der Waals surface area contributed by atoms with Gasteiger partial charge in [-0.1, -0.05) is 59.6 Å².